The van der Waals surface area contributed by atoms with Gasteiger partial charge in [-0.15, -0.1) is 0 Å². The summed E-state index contributed by atoms with van der Waals surface area (Å²) in [4.78, 5) is 34.1. The predicted molar refractivity (Wildman–Crippen MR) is 76.0 cm³/mol. The fourth-order valence-electron chi connectivity index (χ4n) is 1.61. The standard InChI is InChI=1S/C13H15ClN2O5/c1-21-11(17)3-2-10(13(19)20)16-12(18)7-4-8(14)6-9(15)5-7/h4-6,10H,2-3,15H2,1H3,(H,16,18)(H,19,20). The van der Waals surface area contributed by atoms with Gasteiger partial charge in [0.2, 0.25) is 0 Å². The number of anilines is 1. The van der Waals surface area contributed by atoms with E-state index in [1.807, 2.05) is 0 Å². The van der Waals surface area contributed by atoms with E-state index in [2.05, 4.69) is 10.1 Å². The van der Waals surface area contributed by atoms with E-state index in [1.165, 1.54) is 25.3 Å². The zero-order valence-corrected chi connectivity index (χ0v) is 12.0. The molecular weight excluding hydrogens is 300 g/mol. The molecule has 0 aliphatic rings. The van der Waals surface area contributed by atoms with Gasteiger partial charge in [0.1, 0.15) is 6.04 Å². The van der Waals surface area contributed by atoms with E-state index >= 15 is 0 Å². The Morgan fingerprint density at radius 2 is 2.05 bits per heavy atom. The van der Waals surface area contributed by atoms with Crippen LogP contribution in [-0.2, 0) is 14.3 Å². The van der Waals surface area contributed by atoms with Crippen LogP contribution in [-0.4, -0.2) is 36.1 Å². The van der Waals surface area contributed by atoms with Gasteiger partial charge < -0.3 is 20.9 Å². The SMILES string of the molecule is COC(=O)CCC(NC(=O)c1cc(N)cc(Cl)c1)C(=O)O. The van der Waals surface area contributed by atoms with Crippen LogP contribution >= 0.6 is 11.6 Å². The number of hydrogen-bond acceptors (Lipinski definition) is 5. The first-order valence-corrected chi connectivity index (χ1v) is 6.38. The monoisotopic (exact) mass is 314 g/mol. The van der Waals surface area contributed by atoms with Crippen LogP contribution in [0.15, 0.2) is 18.2 Å². The number of nitrogens with one attached hydrogen (secondary N) is 1. The summed E-state index contributed by atoms with van der Waals surface area (Å²) in [6.07, 6.45) is -0.199. The number of halogens is 1. The predicted octanol–water partition coefficient (Wildman–Crippen LogP) is 1.06. The number of carbonyl (C=O) groups is 3. The molecule has 0 saturated carbocycles. The highest BCUT2D eigenvalue weighted by molar-refractivity contribution is 6.31. The lowest BCUT2D eigenvalue weighted by Crippen LogP contribution is -2.41. The van der Waals surface area contributed by atoms with Gasteiger partial charge in [-0.3, -0.25) is 9.59 Å². The maximum atomic E-state index is 12.0. The Hall–Kier alpha value is -2.28. The third kappa shape index (κ3) is 5.31. The van der Waals surface area contributed by atoms with Gasteiger partial charge in [-0.25, -0.2) is 4.79 Å². The quantitative estimate of drug-likeness (QED) is 0.533. The minimum absolute atomic E-state index is 0.0796. The molecule has 8 heteroatoms. The molecule has 1 rings (SSSR count). The van der Waals surface area contributed by atoms with Crippen LogP contribution in [0.5, 0.6) is 0 Å². The normalized spacial score (nSPS) is 11.5. The zero-order valence-electron chi connectivity index (χ0n) is 11.3. The highest BCUT2D eigenvalue weighted by atomic mass is 35.5. The van der Waals surface area contributed by atoms with Gasteiger partial charge in [-0.2, -0.15) is 0 Å². The first-order chi connectivity index (χ1) is 9.83. The highest BCUT2D eigenvalue weighted by Crippen LogP contribution is 2.16. The Kier molecular flexibility index (Phi) is 5.98. The van der Waals surface area contributed by atoms with Crippen molar-refractivity contribution in [1.82, 2.24) is 5.32 Å². The van der Waals surface area contributed by atoms with E-state index in [9.17, 15) is 14.4 Å². The van der Waals surface area contributed by atoms with E-state index in [4.69, 9.17) is 22.4 Å². The summed E-state index contributed by atoms with van der Waals surface area (Å²) >= 11 is 5.78. The maximum Gasteiger partial charge on any atom is 0.326 e. The number of amides is 1. The number of nitrogens with two attached hydrogens (primary N) is 1. The Morgan fingerprint density at radius 1 is 1.38 bits per heavy atom. The molecule has 0 heterocycles. The minimum atomic E-state index is -1.25. The average molecular weight is 315 g/mol. The van der Waals surface area contributed by atoms with Crippen molar-refractivity contribution in [1.29, 1.82) is 0 Å². The lowest BCUT2D eigenvalue weighted by molar-refractivity contribution is -0.142. The van der Waals surface area contributed by atoms with Crippen LogP contribution in [0, 0.1) is 0 Å². The van der Waals surface area contributed by atoms with Crippen molar-refractivity contribution in [2.24, 2.45) is 0 Å². The van der Waals surface area contributed by atoms with Gasteiger partial charge >= 0.3 is 11.9 Å². The molecule has 0 aliphatic heterocycles. The number of nitrogen functional groups attached to an aromatic ring is 1. The van der Waals surface area contributed by atoms with Gasteiger partial charge in [-0.05, 0) is 24.6 Å². The zero-order chi connectivity index (χ0) is 16.0. The first-order valence-electron chi connectivity index (χ1n) is 6.00. The molecule has 1 aromatic carbocycles. The van der Waals surface area contributed by atoms with E-state index in [0.29, 0.717) is 0 Å². The lowest BCUT2D eigenvalue weighted by atomic mass is 10.1. The van der Waals surface area contributed by atoms with Crippen LogP contribution in [0.4, 0.5) is 5.69 Å². The van der Waals surface area contributed by atoms with Gasteiger partial charge in [0.25, 0.3) is 5.91 Å². The van der Waals surface area contributed by atoms with E-state index in [1.54, 1.807) is 0 Å². The molecule has 0 bridgehead atoms. The molecule has 7 nitrogen and oxygen atoms in total. The van der Waals surface area contributed by atoms with Gasteiger partial charge in [0.05, 0.1) is 7.11 Å². The van der Waals surface area contributed by atoms with Crippen molar-refractivity contribution in [2.45, 2.75) is 18.9 Å². The van der Waals surface area contributed by atoms with Crippen molar-refractivity contribution < 1.29 is 24.2 Å². The second kappa shape index (κ2) is 7.49. The number of carboxylic acids is 1. The first kappa shape index (κ1) is 16.8. The smallest absolute Gasteiger partial charge is 0.326 e. The molecule has 0 aromatic heterocycles. The molecule has 0 fully saturated rings. The second-order valence-corrected chi connectivity index (χ2v) is 4.69. The third-order valence-electron chi connectivity index (χ3n) is 2.65. The summed E-state index contributed by atoms with van der Waals surface area (Å²) in [7, 11) is 1.20. The topological polar surface area (TPSA) is 119 Å². The summed E-state index contributed by atoms with van der Waals surface area (Å²) in [5.41, 5.74) is 5.99. The van der Waals surface area contributed by atoms with Crippen molar-refractivity contribution in [3.63, 3.8) is 0 Å². The summed E-state index contributed by atoms with van der Waals surface area (Å²) < 4.78 is 4.42. The molecule has 4 N–H and O–H groups in total. The van der Waals surface area contributed by atoms with Crippen molar-refractivity contribution in [3.8, 4) is 0 Å². The number of aliphatic carboxylic acids is 1. The molecule has 114 valence electrons. The number of ether oxygens (including phenoxy) is 1. The summed E-state index contributed by atoms with van der Waals surface area (Å²) in [6.45, 7) is 0. The number of hydrogen-bond donors (Lipinski definition) is 3. The number of methoxy groups -OCH3 is 1. The van der Waals surface area contributed by atoms with E-state index < -0.39 is 23.9 Å². The second-order valence-electron chi connectivity index (χ2n) is 4.25. The fraction of sp³-hybridized carbons (Fsp3) is 0.308. The molecule has 0 spiro atoms. The third-order valence-corrected chi connectivity index (χ3v) is 2.87. The fourth-order valence-corrected chi connectivity index (χ4v) is 1.85. The number of benzene rings is 1. The summed E-state index contributed by atoms with van der Waals surface area (Å²) in [6, 6.07) is 2.99. The van der Waals surface area contributed by atoms with Crippen LogP contribution in [0.25, 0.3) is 0 Å². The van der Waals surface area contributed by atoms with Crippen molar-refractivity contribution >= 4 is 35.1 Å². The molecular formula is C13H15ClN2O5. The van der Waals surface area contributed by atoms with Crippen LogP contribution in [0.2, 0.25) is 5.02 Å². The molecule has 21 heavy (non-hydrogen) atoms. The van der Waals surface area contributed by atoms with Crippen LogP contribution in [0.1, 0.15) is 23.2 Å². The molecule has 1 aromatic rings. The van der Waals surface area contributed by atoms with Crippen molar-refractivity contribution in [2.75, 3.05) is 12.8 Å². The van der Waals surface area contributed by atoms with Gasteiger partial charge in [-0.1, -0.05) is 11.6 Å². The van der Waals surface area contributed by atoms with Gasteiger partial charge in [0, 0.05) is 22.7 Å². The van der Waals surface area contributed by atoms with Crippen molar-refractivity contribution in [3.05, 3.63) is 28.8 Å². The summed E-state index contributed by atoms with van der Waals surface area (Å²) in [5.74, 6) is -2.44. The Bertz CT molecular complexity index is 541. The Labute approximate surface area is 126 Å². The highest BCUT2D eigenvalue weighted by Gasteiger charge is 2.22. The molecule has 0 radical (unpaired) electrons. The van der Waals surface area contributed by atoms with Gasteiger partial charge in [0.15, 0.2) is 0 Å². The molecule has 1 atom stereocenters. The summed E-state index contributed by atoms with van der Waals surface area (Å²) in [5, 5.41) is 11.6. The largest absolute Gasteiger partial charge is 0.480 e. The number of carbonyl (C=O) groups excluding carboxylic acids is 2. The molecule has 1 unspecified atom stereocenters. The minimum Gasteiger partial charge on any atom is -0.480 e. The van der Waals surface area contributed by atoms with E-state index in [0.717, 1.165) is 0 Å². The van der Waals surface area contributed by atoms with Crippen LogP contribution < -0.4 is 11.1 Å². The maximum absolute atomic E-state index is 12.0. The Balaban J connectivity index is 2.76. The van der Waals surface area contributed by atoms with E-state index in [-0.39, 0.29) is 29.1 Å². The molecule has 0 saturated heterocycles. The van der Waals surface area contributed by atoms with Crippen LogP contribution in [0.3, 0.4) is 0 Å². The number of rotatable bonds is 6. The molecule has 0 aliphatic carbocycles. The lowest BCUT2D eigenvalue weighted by Gasteiger charge is -2.14. The Morgan fingerprint density at radius 3 is 2.57 bits per heavy atom. The average Bonchev–Trinajstić information content (AvgIpc) is 2.41. The number of carboxylic acid groups (broad SMARTS) is 1. The number of esters is 1. The molecule has 1 amide bonds.